The lowest BCUT2D eigenvalue weighted by atomic mass is 9.90. The standard InChI is InChI=1S/C61H120O4S2/c1-5-7-9-11-13-15-17-19-21-23-25-27-29-31-33-35-37-39-41-43-45-47-49-66-51-57(3)59-62-53-61(54-63-59)55-64-60(65-56-61)58(4)52-67-50-48-46-44-42-40-38-36-34-32-30-28-26-24-22-20-18-16-14-12-10-8-6-2/h57-60H,5-56H2,1-4H3. The van der Waals surface area contributed by atoms with E-state index in [9.17, 15) is 0 Å². The van der Waals surface area contributed by atoms with Gasteiger partial charge in [0.25, 0.3) is 0 Å². The predicted molar refractivity (Wildman–Crippen MR) is 301 cm³/mol. The van der Waals surface area contributed by atoms with E-state index < -0.39 is 0 Å². The molecule has 4 nitrogen and oxygen atoms in total. The van der Waals surface area contributed by atoms with Crippen LogP contribution in [0.3, 0.4) is 0 Å². The third-order valence-corrected chi connectivity index (χ3v) is 17.9. The van der Waals surface area contributed by atoms with Crippen LogP contribution in [0, 0.1) is 17.3 Å². The molecule has 67 heavy (non-hydrogen) atoms. The van der Waals surface area contributed by atoms with Crippen LogP contribution in [0.1, 0.15) is 310 Å². The summed E-state index contributed by atoms with van der Waals surface area (Å²) in [5.41, 5.74) is -0.148. The summed E-state index contributed by atoms with van der Waals surface area (Å²) < 4.78 is 25.3. The highest BCUT2D eigenvalue weighted by Gasteiger charge is 2.43. The van der Waals surface area contributed by atoms with Gasteiger partial charge in [0.05, 0.1) is 31.8 Å². The lowest BCUT2D eigenvalue weighted by Gasteiger charge is -2.45. The van der Waals surface area contributed by atoms with Crippen molar-refractivity contribution in [2.24, 2.45) is 17.3 Å². The minimum absolute atomic E-state index is 0.0978. The van der Waals surface area contributed by atoms with Crippen LogP contribution < -0.4 is 0 Å². The Labute approximate surface area is 429 Å². The third kappa shape index (κ3) is 38.8. The maximum absolute atomic E-state index is 6.32. The van der Waals surface area contributed by atoms with Gasteiger partial charge < -0.3 is 18.9 Å². The molecule has 0 amide bonds. The van der Waals surface area contributed by atoms with Gasteiger partial charge in [-0.15, -0.1) is 0 Å². The first-order valence-corrected chi connectivity index (χ1v) is 33.0. The molecule has 0 saturated carbocycles. The van der Waals surface area contributed by atoms with Gasteiger partial charge in [0.15, 0.2) is 12.6 Å². The van der Waals surface area contributed by atoms with Gasteiger partial charge in [-0.2, -0.15) is 23.5 Å². The fourth-order valence-electron chi connectivity index (χ4n) is 10.4. The molecule has 1 spiro atoms. The lowest BCUT2D eigenvalue weighted by Crippen LogP contribution is -2.54. The zero-order valence-electron chi connectivity index (χ0n) is 46.0. The molecule has 0 radical (unpaired) electrons. The summed E-state index contributed by atoms with van der Waals surface area (Å²) in [6, 6.07) is 0. The van der Waals surface area contributed by atoms with Gasteiger partial charge in [0.1, 0.15) is 0 Å². The summed E-state index contributed by atoms with van der Waals surface area (Å²) >= 11 is 4.17. The fraction of sp³-hybridized carbons (Fsp3) is 1.00. The summed E-state index contributed by atoms with van der Waals surface area (Å²) in [7, 11) is 0. The molecule has 0 bridgehead atoms. The van der Waals surface area contributed by atoms with E-state index in [4.69, 9.17) is 18.9 Å². The second kappa shape index (κ2) is 48.8. The second-order valence-electron chi connectivity index (χ2n) is 22.4. The Morgan fingerprint density at radius 3 is 0.672 bits per heavy atom. The van der Waals surface area contributed by atoms with Gasteiger partial charge in [-0.25, -0.2) is 0 Å². The molecule has 0 N–H and O–H groups in total. The number of thioether (sulfide) groups is 2. The summed E-state index contributed by atoms with van der Waals surface area (Å²) in [6.07, 6.45) is 63.5. The SMILES string of the molecule is CCCCCCCCCCCCCCCCCCCCCCCCSCC(C)C1OCC2(CO1)COC(C(C)CSCCCCCCCCCCCCCCCCCCCCCCCC)OC2. The first kappa shape index (κ1) is 63.7. The maximum Gasteiger partial charge on any atom is 0.160 e. The summed E-state index contributed by atoms with van der Waals surface area (Å²) in [5.74, 6) is 5.57. The number of unbranched alkanes of at least 4 members (excludes halogenated alkanes) is 42. The molecule has 400 valence electrons. The maximum atomic E-state index is 6.32. The molecule has 2 rings (SSSR count). The third-order valence-electron chi connectivity index (χ3n) is 15.2. The van der Waals surface area contributed by atoms with Gasteiger partial charge in [-0.1, -0.05) is 297 Å². The Morgan fingerprint density at radius 1 is 0.299 bits per heavy atom. The molecule has 0 aliphatic carbocycles. The Balaban J connectivity index is 1.27. The van der Waals surface area contributed by atoms with E-state index in [2.05, 4.69) is 51.2 Å². The number of hydrogen-bond acceptors (Lipinski definition) is 6. The Hall–Kier alpha value is 0.540. The molecule has 0 aromatic rings. The monoisotopic (exact) mass is 981 g/mol. The topological polar surface area (TPSA) is 36.9 Å². The number of rotatable bonds is 52. The molecule has 0 aromatic carbocycles. The van der Waals surface area contributed by atoms with Crippen molar-refractivity contribution in [3.63, 3.8) is 0 Å². The van der Waals surface area contributed by atoms with Crippen LogP contribution in [0.25, 0.3) is 0 Å². The van der Waals surface area contributed by atoms with Crippen molar-refractivity contribution in [3.8, 4) is 0 Å². The van der Waals surface area contributed by atoms with Crippen LogP contribution in [0.15, 0.2) is 0 Å². The van der Waals surface area contributed by atoms with Gasteiger partial charge in [-0.05, 0) is 24.3 Å². The van der Waals surface area contributed by atoms with Crippen molar-refractivity contribution in [1.29, 1.82) is 0 Å². The zero-order valence-corrected chi connectivity index (χ0v) is 47.7. The highest BCUT2D eigenvalue weighted by atomic mass is 32.2. The van der Waals surface area contributed by atoms with Crippen molar-refractivity contribution in [2.75, 3.05) is 49.4 Å². The Morgan fingerprint density at radius 2 is 0.478 bits per heavy atom. The Kier molecular flexibility index (Phi) is 46.4. The van der Waals surface area contributed by atoms with Crippen molar-refractivity contribution in [2.45, 2.75) is 323 Å². The van der Waals surface area contributed by atoms with Crippen LogP contribution in [0.5, 0.6) is 0 Å². The lowest BCUT2D eigenvalue weighted by molar-refractivity contribution is -0.315. The molecular formula is C61H120O4S2. The van der Waals surface area contributed by atoms with Crippen LogP contribution in [0.4, 0.5) is 0 Å². The zero-order chi connectivity index (χ0) is 47.8. The summed E-state index contributed by atoms with van der Waals surface area (Å²) in [4.78, 5) is 0. The minimum Gasteiger partial charge on any atom is -0.352 e. The van der Waals surface area contributed by atoms with E-state index in [0.29, 0.717) is 38.3 Å². The number of ether oxygens (including phenoxy) is 4. The largest absolute Gasteiger partial charge is 0.352 e. The van der Waals surface area contributed by atoms with Crippen molar-refractivity contribution < 1.29 is 18.9 Å². The molecule has 2 saturated heterocycles. The summed E-state index contributed by atoms with van der Waals surface area (Å²) in [5, 5.41) is 0. The minimum atomic E-state index is -0.148. The molecule has 0 aromatic heterocycles. The van der Waals surface area contributed by atoms with E-state index in [0.717, 1.165) is 11.5 Å². The molecule has 6 heteroatoms. The molecule has 2 aliphatic rings. The summed E-state index contributed by atoms with van der Waals surface area (Å²) in [6.45, 7) is 11.9. The van der Waals surface area contributed by atoms with E-state index >= 15 is 0 Å². The normalized spacial score (nSPS) is 19.7. The Bertz CT molecular complexity index is 887. The van der Waals surface area contributed by atoms with Crippen LogP contribution in [0.2, 0.25) is 0 Å². The highest BCUT2D eigenvalue weighted by molar-refractivity contribution is 7.99. The average Bonchev–Trinajstić information content (AvgIpc) is 3.34. The van der Waals surface area contributed by atoms with E-state index in [-0.39, 0.29) is 18.0 Å². The smallest absolute Gasteiger partial charge is 0.160 e. The van der Waals surface area contributed by atoms with Gasteiger partial charge in [0, 0.05) is 23.3 Å². The van der Waals surface area contributed by atoms with Gasteiger partial charge in [0.2, 0.25) is 0 Å². The van der Waals surface area contributed by atoms with Crippen molar-refractivity contribution in [3.05, 3.63) is 0 Å². The molecule has 2 unspecified atom stereocenters. The van der Waals surface area contributed by atoms with Crippen LogP contribution in [-0.4, -0.2) is 62.0 Å². The predicted octanol–water partition coefficient (Wildman–Crippen LogP) is 20.7. The van der Waals surface area contributed by atoms with Crippen LogP contribution in [-0.2, 0) is 18.9 Å². The first-order chi connectivity index (χ1) is 33.1. The molecule has 2 heterocycles. The van der Waals surface area contributed by atoms with Crippen molar-refractivity contribution in [1.82, 2.24) is 0 Å². The van der Waals surface area contributed by atoms with Gasteiger partial charge >= 0.3 is 0 Å². The second-order valence-corrected chi connectivity index (χ2v) is 24.7. The van der Waals surface area contributed by atoms with E-state index in [1.807, 2.05) is 0 Å². The van der Waals surface area contributed by atoms with Crippen LogP contribution >= 0.6 is 23.5 Å². The fourth-order valence-corrected chi connectivity index (χ4v) is 12.6. The molecule has 2 atom stereocenters. The highest BCUT2D eigenvalue weighted by Crippen LogP contribution is 2.34. The van der Waals surface area contributed by atoms with Crippen molar-refractivity contribution >= 4 is 23.5 Å². The van der Waals surface area contributed by atoms with E-state index in [1.54, 1.807) is 0 Å². The molecule has 2 aliphatic heterocycles. The quantitative estimate of drug-likeness (QED) is 0.0566. The first-order valence-electron chi connectivity index (χ1n) is 30.7. The van der Waals surface area contributed by atoms with Gasteiger partial charge in [-0.3, -0.25) is 0 Å². The van der Waals surface area contributed by atoms with E-state index in [1.165, 1.54) is 294 Å². The number of hydrogen-bond donors (Lipinski definition) is 0. The molecule has 2 fully saturated rings. The molecular weight excluding hydrogens is 861 g/mol. The average molecular weight is 982 g/mol.